The van der Waals surface area contributed by atoms with Crippen molar-refractivity contribution in [2.45, 2.75) is 26.7 Å². The lowest BCUT2D eigenvalue weighted by Gasteiger charge is -2.09. The van der Waals surface area contributed by atoms with Gasteiger partial charge in [-0.15, -0.1) is 5.10 Å². The topological polar surface area (TPSA) is 43.6 Å². The molecule has 0 saturated carbocycles. The summed E-state index contributed by atoms with van der Waals surface area (Å²) < 4.78 is 2.77. The van der Waals surface area contributed by atoms with Crippen LogP contribution in [0.1, 0.15) is 31.2 Å². The van der Waals surface area contributed by atoms with E-state index in [1.807, 2.05) is 12.1 Å². The molecule has 0 aliphatic carbocycles. The fourth-order valence-electron chi connectivity index (χ4n) is 1.51. The molecule has 0 aliphatic rings. The van der Waals surface area contributed by atoms with Crippen LogP contribution in [0, 0.1) is 6.92 Å². The zero-order valence-electron chi connectivity index (χ0n) is 9.48. The van der Waals surface area contributed by atoms with Crippen molar-refractivity contribution in [3.63, 3.8) is 0 Å². The zero-order valence-corrected chi connectivity index (χ0v) is 11.1. The Labute approximate surface area is 103 Å². The Morgan fingerprint density at radius 1 is 1.31 bits per heavy atom. The SMILES string of the molecule is Cc1ccc(-n2nnnc2C(C)C)c(Br)c1. The van der Waals surface area contributed by atoms with E-state index >= 15 is 0 Å². The van der Waals surface area contributed by atoms with Crippen LogP contribution in [0.25, 0.3) is 5.69 Å². The van der Waals surface area contributed by atoms with E-state index in [1.165, 1.54) is 5.56 Å². The van der Waals surface area contributed by atoms with Crippen molar-refractivity contribution in [2.24, 2.45) is 0 Å². The maximum atomic E-state index is 4.04. The van der Waals surface area contributed by atoms with Gasteiger partial charge in [0, 0.05) is 10.4 Å². The van der Waals surface area contributed by atoms with Crippen LogP contribution in [0.2, 0.25) is 0 Å². The normalized spacial score (nSPS) is 11.1. The van der Waals surface area contributed by atoms with Crippen molar-refractivity contribution < 1.29 is 0 Å². The van der Waals surface area contributed by atoms with Gasteiger partial charge in [-0.25, -0.2) is 0 Å². The first kappa shape index (κ1) is 11.3. The first-order valence-corrected chi connectivity index (χ1v) is 5.93. The van der Waals surface area contributed by atoms with Gasteiger partial charge in [-0.1, -0.05) is 19.9 Å². The number of rotatable bonds is 2. The van der Waals surface area contributed by atoms with E-state index in [0.717, 1.165) is 16.0 Å². The minimum atomic E-state index is 0.295. The fraction of sp³-hybridized carbons (Fsp3) is 0.364. The van der Waals surface area contributed by atoms with Crippen LogP contribution in [0.4, 0.5) is 0 Å². The second-order valence-corrected chi connectivity index (χ2v) is 4.91. The Morgan fingerprint density at radius 3 is 2.69 bits per heavy atom. The molecular formula is C11H13BrN4. The van der Waals surface area contributed by atoms with Crippen LogP contribution >= 0.6 is 15.9 Å². The standard InChI is InChI=1S/C11H13BrN4/c1-7(2)11-13-14-15-16(11)10-5-4-8(3)6-9(10)12/h4-7H,1-3H3. The van der Waals surface area contributed by atoms with E-state index in [-0.39, 0.29) is 0 Å². The summed E-state index contributed by atoms with van der Waals surface area (Å²) >= 11 is 3.54. The molecule has 4 nitrogen and oxygen atoms in total. The van der Waals surface area contributed by atoms with Crippen LogP contribution in [0.5, 0.6) is 0 Å². The second kappa shape index (κ2) is 4.33. The van der Waals surface area contributed by atoms with Gasteiger partial charge in [0.15, 0.2) is 5.82 Å². The van der Waals surface area contributed by atoms with E-state index in [0.29, 0.717) is 5.92 Å². The largest absolute Gasteiger partial charge is 0.196 e. The maximum absolute atomic E-state index is 4.04. The van der Waals surface area contributed by atoms with Gasteiger partial charge in [-0.05, 0) is 51.0 Å². The van der Waals surface area contributed by atoms with Crippen LogP contribution in [-0.4, -0.2) is 20.2 Å². The lowest BCUT2D eigenvalue weighted by atomic mass is 10.2. The van der Waals surface area contributed by atoms with Crippen LogP contribution in [0.3, 0.4) is 0 Å². The van der Waals surface area contributed by atoms with Gasteiger partial charge in [0.2, 0.25) is 0 Å². The predicted molar refractivity (Wildman–Crippen MR) is 65.7 cm³/mol. The van der Waals surface area contributed by atoms with Crippen molar-refractivity contribution in [2.75, 3.05) is 0 Å². The highest BCUT2D eigenvalue weighted by Gasteiger charge is 2.13. The van der Waals surface area contributed by atoms with E-state index in [2.05, 4.69) is 58.3 Å². The minimum Gasteiger partial charge on any atom is -0.196 e. The highest BCUT2D eigenvalue weighted by Crippen LogP contribution is 2.24. The summed E-state index contributed by atoms with van der Waals surface area (Å²) in [6.07, 6.45) is 0. The van der Waals surface area contributed by atoms with Gasteiger partial charge in [0.05, 0.1) is 5.69 Å². The number of halogens is 1. The van der Waals surface area contributed by atoms with Crippen LogP contribution in [0.15, 0.2) is 22.7 Å². The number of aromatic nitrogens is 4. The summed E-state index contributed by atoms with van der Waals surface area (Å²) in [7, 11) is 0. The van der Waals surface area contributed by atoms with Crippen molar-refractivity contribution in [1.82, 2.24) is 20.2 Å². The maximum Gasteiger partial charge on any atom is 0.159 e. The number of nitrogens with zero attached hydrogens (tertiary/aromatic N) is 4. The molecule has 0 atom stereocenters. The fourth-order valence-corrected chi connectivity index (χ4v) is 2.17. The number of tetrazole rings is 1. The van der Waals surface area contributed by atoms with Gasteiger partial charge in [0.1, 0.15) is 0 Å². The average molecular weight is 281 g/mol. The molecule has 0 N–H and O–H groups in total. The smallest absolute Gasteiger partial charge is 0.159 e. The molecule has 0 radical (unpaired) electrons. The van der Waals surface area contributed by atoms with Crippen molar-refractivity contribution in [1.29, 1.82) is 0 Å². The molecule has 1 aromatic carbocycles. The third-order valence-corrected chi connectivity index (χ3v) is 2.98. The highest BCUT2D eigenvalue weighted by molar-refractivity contribution is 9.10. The Morgan fingerprint density at radius 2 is 2.06 bits per heavy atom. The summed E-state index contributed by atoms with van der Waals surface area (Å²) in [5.41, 5.74) is 2.18. The molecule has 5 heteroatoms. The number of hydrogen-bond acceptors (Lipinski definition) is 3. The lowest BCUT2D eigenvalue weighted by molar-refractivity contribution is 0.708. The molecule has 84 valence electrons. The van der Waals surface area contributed by atoms with Gasteiger partial charge >= 0.3 is 0 Å². The van der Waals surface area contributed by atoms with Crippen molar-refractivity contribution >= 4 is 15.9 Å². The highest BCUT2D eigenvalue weighted by atomic mass is 79.9. The summed E-state index contributed by atoms with van der Waals surface area (Å²) in [4.78, 5) is 0. The van der Waals surface area contributed by atoms with E-state index in [1.54, 1.807) is 4.68 Å². The molecule has 16 heavy (non-hydrogen) atoms. The van der Waals surface area contributed by atoms with Gasteiger partial charge in [-0.2, -0.15) is 4.68 Å². The molecule has 0 amide bonds. The number of aryl methyl sites for hydroxylation is 1. The molecule has 1 heterocycles. The Kier molecular flexibility index (Phi) is 3.05. The van der Waals surface area contributed by atoms with Gasteiger partial charge in [0.25, 0.3) is 0 Å². The summed E-state index contributed by atoms with van der Waals surface area (Å²) in [5, 5.41) is 11.8. The molecule has 0 unspecified atom stereocenters. The Balaban J connectivity index is 2.54. The first-order chi connectivity index (χ1) is 7.59. The lowest BCUT2D eigenvalue weighted by Crippen LogP contribution is -2.05. The zero-order chi connectivity index (χ0) is 11.7. The molecule has 2 aromatic rings. The molecule has 0 spiro atoms. The molecule has 0 aliphatic heterocycles. The molecule has 2 rings (SSSR count). The minimum absolute atomic E-state index is 0.295. The summed E-state index contributed by atoms with van der Waals surface area (Å²) in [6, 6.07) is 6.12. The molecule has 0 fully saturated rings. The summed E-state index contributed by atoms with van der Waals surface area (Å²) in [5.74, 6) is 1.16. The van der Waals surface area contributed by atoms with E-state index in [4.69, 9.17) is 0 Å². The Bertz CT molecular complexity index is 504. The second-order valence-electron chi connectivity index (χ2n) is 4.06. The van der Waals surface area contributed by atoms with Crippen molar-refractivity contribution in [3.05, 3.63) is 34.1 Å². The van der Waals surface area contributed by atoms with Gasteiger partial charge in [-0.3, -0.25) is 0 Å². The Hall–Kier alpha value is -1.23. The molecule has 0 saturated heterocycles. The van der Waals surface area contributed by atoms with Gasteiger partial charge < -0.3 is 0 Å². The molecule has 0 bridgehead atoms. The van der Waals surface area contributed by atoms with E-state index in [9.17, 15) is 0 Å². The third kappa shape index (κ3) is 2.00. The molecule has 1 aromatic heterocycles. The monoisotopic (exact) mass is 280 g/mol. The van der Waals surface area contributed by atoms with Crippen LogP contribution in [-0.2, 0) is 0 Å². The number of benzene rings is 1. The number of hydrogen-bond donors (Lipinski definition) is 0. The quantitative estimate of drug-likeness (QED) is 0.850. The predicted octanol–water partition coefficient (Wildman–Crippen LogP) is 2.86. The third-order valence-electron chi connectivity index (χ3n) is 2.34. The average Bonchev–Trinajstić information content (AvgIpc) is 2.66. The van der Waals surface area contributed by atoms with Crippen molar-refractivity contribution in [3.8, 4) is 5.69 Å². The summed E-state index contributed by atoms with van der Waals surface area (Å²) in [6.45, 7) is 6.20. The van der Waals surface area contributed by atoms with E-state index < -0.39 is 0 Å². The first-order valence-electron chi connectivity index (χ1n) is 5.14. The van der Waals surface area contributed by atoms with Crippen LogP contribution < -0.4 is 0 Å². The molecular weight excluding hydrogens is 268 g/mol.